The number of rotatable bonds is 1. The van der Waals surface area contributed by atoms with Gasteiger partial charge in [-0.15, -0.1) is 0 Å². The van der Waals surface area contributed by atoms with Crippen molar-refractivity contribution in [3.8, 4) is 0 Å². The minimum Gasteiger partial charge on any atom is -0.377 e. The Hall–Kier alpha value is -1.78. The van der Waals surface area contributed by atoms with Gasteiger partial charge in [0.15, 0.2) is 0 Å². The first-order valence-corrected chi connectivity index (χ1v) is 5.10. The van der Waals surface area contributed by atoms with E-state index in [0.29, 0.717) is 5.57 Å². The van der Waals surface area contributed by atoms with Gasteiger partial charge in [0.05, 0.1) is 0 Å². The van der Waals surface area contributed by atoms with Crippen molar-refractivity contribution < 1.29 is 13.2 Å². The molecule has 1 N–H and O–H groups in total. The van der Waals surface area contributed by atoms with Gasteiger partial charge in [0.2, 0.25) is 0 Å². The van der Waals surface area contributed by atoms with E-state index in [2.05, 4.69) is 10.3 Å². The molecule has 0 fully saturated rings. The number of nitrogens with zero attached hydrogens (tertiary/aromatic N) is 1. The molecule has 0 saturated carbocycles. The molecule has 5 heteroatoms. The zero-order chi connectivity index (χ0) is 12.5. The van der Waals surface area contributed by atoms with Crippen LogP contribution < -0.4 is 5.32 Å². The highest BCUT2D eigenvalue weighted by Crippen LogP contribution is 2.28. The van der Waals surface area contributed by atoms with Crippen molar-refractivity contribution in [2.75, 3.05) is 0 Å². The van der Waals surface area contributed by atoms with Crippen molar-refractivity contribution in [3.05, 3.63) is 47.9 Å². The Bertz CT molecular complexity index is 475. The number of nitrogens with one attached hydrogen (secondary N) is 1. The summed E-state index contributed by atoms with van der Waals surface area (Å²) >= 11 is 0. The molecule has 0 amide bonds. The average molecular weight is 240 g/mol. The normalized spacial score (nSPS) is 19.8. The van der Waals surface area contributed by atoms with Crippen LogP contribution in [0.2, 0.25) is 0 Å². The Morgan fingerprint density at radius 3 is 2.76 bits per heavy atom. The summed E-state index contributed by atoms with van der Waals surface area (Å²) in [5, 5.41) is 2.28. The fourth-order valence-electron chi connectivity index (χ4n) is 1.66. The van der Waals surface area contributed by atoms with E-state index >= 15 is 0 Å². The van der Waals surface area contributed by atoms with Gasteiger partial charge >= 0.3 is 6.18 Å². The third kappa shape index (κ3) is 2.49. The maximum absolute atomic E-state index is 12.6. The van der Waals surface area contributed by atoms with E-state index < -0.39 is 12.2 Å². The molecule has 0 aliphatic carbocycles. The molecule has 0 saturated heterocycles. The lowest BCUT2D eigenvalue weighted by Crippen LogP contribution is -2.39. The zero-order valence-corrected chi connectivity index (χ0v) is 9.12. The van der Waals surface area contributed by atoms with Crippen molar-refractivity contribution >= 4 is 5.57 Å². The van der Waals surface area contributed by atoms with Crippen LogP contribution in [-0.4, -0.2) is 17.2 Å². The molecule has 17 heavy (non-hydrogen) atoms. The van der Waals surface area contributed by atoms with Crippen molar-refractivity contribution in [2.45, 2.75) is 19.1 Å². The van der Waals surface area contributed by atoms with E-state index in [0.717, 1.165) is 11.1 Å². The van der Waals surface area contributed by atoms with E-state index in [-0.39, 0.29) is 0 Å². The molecule has 1 aromatic rings. The summed E-state index contributed by atoms with van der Waals surface area (Å²) in [7, 11) is 0. The Kier molecular flexibility index (Phi) is 2.92. The van der Waals surface area contributed by atoms with Crippen LogP contribution in [0.1, 0.15) is 11.1 Å². The maximum atomic E-state index is 12.6. The van der Waals surface area contributed by atoms with Crippen molar-refractivity contribution in [1.29, 1.82) is 0 Å². The molecule has 0 spiro atoms. The summed E-state index contributed by atoms with van der Waals surface area (Å²) < 4.78 is 37.7. The lowest BCUT2D eigenvalue weighted by atomic mass is 9.99. The number of dihydropyridines is 1. The van der Waals surface area contributed by atoms with Crippen LogP contribution >= 0.6 is 0 Å². The fraction of sp³-hybridized carbons (Fsp3) is 0.250. The molecule has 1 aliphatic rings. The van der Waals surface area contributed by atoms with Crippen LogP contribution in [0.5, 0.6) is 0 Å². The Morgan fingerprint density at radius 1 is 1.35 bits per heavy atom. The maximum Gasteiger partial charge on any atom is 0.412 e. The minimum atomic E-state index is -4.29. The molecule has 0 radical (unpaired) electrons. The van der Waals surface area contributed by atoms with Gasteiger partial charge in [-0.1, -0.05) is 0 Å². The van der Waals surface area contributed by atoms with Gasteiger partial charge in [0, 0.05) is 18.0 Å². The lowest BCUT2D eigenvalue weighted by Gasteiger charge is -2.22. The highest BCUT2D eigenvalue weighted by molar-refractivity contribution is 5.76. The standard InChI is InChI=1S/C12H11F3N2/c1-8-2-4-16-7-10(8)9-3-5-17-11(6-9)12(13,14)15/h2-7,11,17H,1H3. The first-order valence-electron chi connectivity index (χ1n) is 5.10. The first kappa shape index (κ1) is 11.7. The van der Waals surface area contributed by atoms with Crippen LogP contribution in [0.3, 0.4) is 0 Å². The van der Waals surface area contributed by atoms with Gasteiger partial charge in [0.25, 0.3) is 0 Å². The molecule has 0 bridgehead atoms. The van der Waals surface area contributed by atoms with Gasteiger partial charge in [-0.25, -0.2) is 0 Å². The second-order valence-electron chi connectivity index (χ2n) is 3.83. The third-order valence-electron chi connectivity index (χ3n) is 2.59. The first-order chi connectivity index (χ1) is 7.98. The van der Waals surface area contributed by atoms with Gasteiger partial charge in [-0.3, -0.25) is 4.98 Å². The smallest absolute Gasteiger partial charge is 0.377 e. The van der Waals surface area contributed by atoms with Crippen LogP contribution in [0.15, 0.2) is 36.8 Å². The van der Waals surface area contributed by atoms with E-state index in [1.54, 1.807) is 24.5 Å². The summed E-state index contributed by atoms with van der Waals surface area (Å²) in [4.78, 5) is 3.93. The fourth-order valence-corrected chi connectivity index (χ4v) is 1.66. The van der Waals surface area contributed by atoms with Gasteiger partial charge in [0.1, 0.15) is 6.04 Å². The van der Waals surface area contributed by atoms with Crippen LogP contribution in [0.4, 0.5) is 13.2 Å². The SMILES string of the molecule is Cc1ccncc1C1=CC(C(F)(F)F)NC=C1. The largest absolute Gasteiger partial charge is 0.412 e. The number of hydrogen-bond donors (Lipinski definition) is 1. The summed E-state index contributed by atoms with van der Waals surface area (Å²) in [5.41, 5.74) is 2.16. The molecule has 2 heterocycles. The zero-order valence-electron chi connectivity index (χ0n) is 9.12. The molecule has 1 aromatic heterocycles. The number of halogens is 3. The number of aromatic nitrogens is 1. The topological polar surface area (TPSA) is 24.9 Å². The third-order valence-corrected chi connectivity index (χ3v) is 2.59. The summed E-state index contributed by atoms with van der Waals surface area (Å²) in [5.74, 6) is 0. The number of pyridine rings is 1. The van der Waals surface area contributed by atoms with Gasteiger partial charge in [-0.2, -0.15) is 13.2 Å². The highest BCUT2D eigenvalue weighted by atomic mass is 19.4. The molecular weight excluding hydrogens is 229 g/mol. The van der Waals surface area contributed by atoms with E-state index in [4.69, 9.17) is 0 Å². The minimum absolute atomic E-state index is 0.539. The predicted octanol–water partition coefficient (Wildman–Crippen LogP) is 2.82. The van der Waals surface area contributed by atoms with E-state index in [9.17, 15) is 13.2 Å². The molecule has 2 rings (SSSR count). The van der Waals surface area contributed by atoms with E-state index in [1.165, 1.54) is 12.3 Å². The molecular formula is C12H11F3N2. The van der Waals surface area contributed by atoms with Crippen molar-refractivity contribution in [1.82, 2.24) is 10.3 Å². The van der Waals surface area contributed by atoms with Gasteiger partial charge < -0.3 is 5.32 Å². The van der Waals surface area contributed by atoms with Crippen LogP contribution in [0, 0.1) is 6.92 Å². The Morgan fingerprint density at radius 2 is 2.12 bits per heavy atom. The lowest BCUT2D eigenvalue weighted by molar-refractivity contribution is -0.142. The monoisotopic (exact) mass is 240 g/mol. The second kappa shape index (κ2) is 4.24. The summed E-state index contributed by atoms with van der Waals surface area (Å²) in [6.07, 6.45) is 3.01. The molecule has 0 aromatic carbocycles. The number of alkyl halides is 3. The second-order valence-corrected chi connectivity index (χ2v) is 3.83. The number of hydrogen-bond acceptors (Lipinski definition) is 2. The molecule has 1 unspecified atom stereocenters. The van der Waals surface area contributed by atoms with Crippen molar-refractivity contribution in [3.63, 3.8) is 0 Å². The van der Waals surface area contributed by atoms with Crippen LogP contribution in [0.25, 0.3) is 5.57 Å². The quantitative estimate of drug-likeness (QED) is 0.816. The number of aryl methyl sites for hydroxylation is 1. The predicted molar refractivity (Wildman–Crippen MR) is 59.1 cm³/mol. The summed E-state index contributed by atoms with van der Waals surface area (Å²) in [6, 6.07) is 0.136. The Labute approximate surface area is 96.9 Å². The Balaban J connectivity index is 2.36. The molecule has 1 atom stereocenters. The number of allylic oxidation sites excluding steroid dienone is 2. The molecule has 90 valence electrons. The molecule has 1 aliphatic heterocycles. The highest BCUT2D eigenvalue weighted by Gasteiger charge is 2.38. The van der Waals surface area contributed by atoms with E-state index in [1.807, 2.05) is 6.92 Å². The van der Waals surface area contributed by atoms with Crippen LogP contribution in [-0.2, 0) is 0 Å². The van der Waals surface area contributed by atoms with Crippen molar-refractivity contribution in [2.24, 2.45) is 0 Å². The molecule has 2 nitrogen and oxygen atoms in total. The van der Waals surface area contributed by atoms with Gasteiger partial charge in [-0.05, 0) is 42.5 Å². The average Bonchev–Trinajstić information content (AvgIpc) is 2.29. The summed E-state index contributed by atoms with van der Waals surface area (Å²) in [6.45, 7) is 1.84.